The zero-order valence-electron chi connectivity index (χ0n) is 8.47. The van der Waals surface area contributed by atoms with Gasteiger partial charge in [0.15, 0.2) is 6.29 Å². The number of halogens is 2. The fourth-order valence-corrected chi connectivity index (χ4v) is 1.80. The van der Waals surface area contributed by atoms with Crippen LogP contribution in [0.2, 0.25) is 0 Å². The van der Waals surface area contributed by atoms with Gasteiger partial charge in [-0.15, -0.1) is 0 Å². The molecule has 86 valence electrons. The van der Waals surface area contributed by atoms with Crippen molar-refractivity contribution < 1.29 is 18.4 Å². The first-order valence-electron chi connectivity index (χ1n) is 5.18. The van der Waals surface area contributed by atoms with E-state index in [1.807, 2.05) is 0 Å². The van der Waals surface area contributed by atoms with Crippen LogP contribution < -0.4 is 5.32 Å². The number of carbonyl (C=O) groups is 2. The van der Waals surface area contributed by atoms with Gasteiger partial charge in [0.25, 0.3) is 5.91 Å². The molecule has 15 heavy (non-hydrogen) atoms. The largest absolute Gasteiger partial charge is 0.378 e. The second-order valence-electron chi connectivity index (χ2n) is 3.95. The monoisotopic (exact) mass is 219 g/mol. The van der Waals surface area contributed by atoms with E-state index in [-0.39, 0.29) is 12.5 Å². The van der Waals surface area contributed by atoms with Crippen molar-refractivity contribution in [2.45, 2.75) is 38.0 Å². The van der Waals surface area contributed by atoms with Gasteiger partial charge in [-0.25, -0.2) is 0 Å². The zero-order valence-corrected chi connectivity index (χ0v) is 8.47. The molecule has 1 aliphatic rings. The summed E-state index contributed by atoms with van der Waals surface area (Å²) in [5.74, 6) is -5.08. The third-order valence-electron chi connectivity index (χ3n) is 2.73. The average molecular weight is 219 g/mol. The van der Waals surface area contributed by atoms with Gasteiger partial charge in [0.1, 0.15) is 0 Å². The fraction of sp³-hybridized carbons (Fsp3) is 0.800. The third-order valence-corrected chi connectivity index (χ3v) is 2.73. The molecule has 0 aliphatic heterocycles. The van der Waals surface area contributed by atoms with Crippen molar-refractivity contribution in [1.82, 2.24) is 5.32 Å². The van der Waals surface area contributed by atoms with Crippen LogP contribution in [0.15, 0.2) is 0 Å². The Morgan fingerprint density at radius 2 is 1.93 bits per heavy atom. The van der Waals surface area contributed by atoms with Crippen molar-refractivity contribution in [2.24, 2.45) is 5.92 Å². The summed E-state index contributed by atoms with van der Waals surface area (Å²) in [6, 6.07) is 0. The fourth-order valence-electron chi connectivity index (χ4n) is 1.80. The highest BCUT2D eigenvalue weighted by Gasteiger charge is 2.38. The molecule has 0 bridgehead atoms. The minimum atomic E-state index is -3.88. The number of rotatable bonds is 4. The summed E-state index contributed by atoms with van der Waals surface area (Å²) in [4.78, 5) is 20.8. The molecule has 1 N–H and O–H groups in total. The van der Waals surface area contributed by atoms with E-state index >= 15 is 0 Å². The van der Waals surface area contributed by atoms with Gasteiger partial charge in [-0.05, 0) is 18.8 Å². The Hall–Kier alpha value is -1.00. The van der Waals surface area contributed by atoms with Crippen molar-refractivity contribution in [3.8, 4) is 0 Å². The Kier molecular flexibility index (Phi) is 4.17. The molecular formula is C10H15F2NO2. The van der Waals surface area contributed by atoms with E-state index in [0.29, 0.717) is 0 Å². The van der Waals surface area contributed by atoms with Crippen LogP contribution in [0.25, 0.3) is 0 Å². The molecule has 0 atom stereocenters. The summed E-state index contributed by atoms with van der Waals surface area (Å²) in [6.45, 7) is 0.252. The summed E-state index contributed by atoms with van der Waals surface area (Å²) in [5.41, 5.74) is 0. The molecule has 0 saturated heterocycles. The molecule has 0 aromatic heterocycles. The summed E-state index contributed by atoms with van der Waals surface area (Å²) < 4.78 is 25.0. The normalized spacial score (nSPS) is 18.5. The molecule has 3 nitrogen and oxygen atoms in total. The Balaban J connectivity index is 2.29. The predicted molar refractivity (Wildman–Crippen MR) is 50.6 cm³/mol. The molecule has 1 saturated carbocycles. The standard InChI is InChI=1S/C10H15F2NO2/c11-10(12,7-14)9(15)13-6-8-4-2-1-3-5-8/h7-8H,1-6H2,(H,13,15). The van der Waals surface area contributed by atoms with Gasteiger partial charge >= 0.3 is 5.92 Å². The Morgan fingerprint density at radius 3 is 2.47 bits per heavy atom. The first kappa shape index (κ1) is 12.1. The van der Waals surface area contributed by atoms with E-state index in [1.165, 1.54) is 6.42 Å². The quantitative estimate of drug-likeness (QED) is 0.575. The molecule has 5 heteroatoms. The van der Waals surface area contributed by atoms with Crippen LogP contribution in [0.3, 0.4) is 0 Å². The van der Waals surface area contributed by atoms with E-state index in [4.69, 9.17) is 0 Å². The maximum atomic E-state index is 12.5. The zero-order chi connectivity index (χ0) is 11.3. The molecule has 0 heterocycles. The number of hydrogen-bond acceptors (Lipinski definition) is 2. The van der Waals surface area contributed by atoms with E-state index in [9.17, 15) is 18.4 Å². The molecule has 0 aromatic carbocycles. The maximum absolute atomic E-state index is 12.5. The van der Waals surface area contributed by atoms with E-state index in [2.05, 4.69) is 5.32 Å². The maximum Gasteiger partial charge on any atom is 0.378 e. The first-order chi connectivity index (χ1) is 7.06. The van der Waals surface area contributed by atoms with E-state index < -0.39 is 18.1 Å². The van der Waals surface area contributed by atoms with Crippen molar-refractivity contribution in [3.05, 3.63) is 0 Å². The van der Waals surface area contributed by atoms with Crippen molar-refractivity contribution >= 4 is 12.2 Å². The molecule has 1 rings (SSSR count). The number of hydrogen-bond donors (Lipinski definition) is 1. The van der Waals surface area contributed by atoms with Crippen LogP contribution in [0.5, 0.6) is 0 Å². The smallest absolute Gasteiger partial charge is 0.350 e. The summed E-state index contributed by atoms with van der Waals surface area (Å²) in [6.07, 6.45) is 4.66. The van der Waals surface area contributed by atoms with Crippen LogP contribution in [-0.2, 0) is 9.59 Å². The van der Waals surface area contributed by atoms with Crippen LogP contribution in [-0.4, -0.2) is 24.7 Å². The first-order valence-corrected chi connectivity index (χ1v) is 5.18. The summed E-state index contributed by atoms with van der Waals surface area (Å²) in [5, 5.41) is 2.12. The number of aldehydes is 1. The van der Waals surface area contributed by atoms with Crippen LogP contribution >= 0.6 is 0 Å². The molecule has 0 unspecified atom stereocenters. The van der Waals surface area contributed by atoms with Crippen molar-refractivity contribution in [3.63, 3.8) is 0 Å². The lowest BCUT2D eigenvalue weighted by molar-refractivity contribution is -0.151. The average Bonchev–Trinajstić information content (AvgIpc) is 2.27. The number of nitrogens with one attached hydrogen (secondary N) is 1. The van der Waals surface area contributed by atoms with Crippen LogP contribution in [0.4, 0.5) is 8.78 Å². The molecule has 0 radical (unpaired) electrons. The Bertz CT molecular complexity index is 238. The topological polar surface area (TPSA) is 46.2 Å². The molecule has 0 aromatic rings. The van der Waals surface area contributed by atoms with Gasteiger partial charge in [0.05, 0.1) is 0 Å². The van der Waals surface area contributed by atoms with Crippen molar-refractivity contribution in [2.75, 3.05) is 6.54 Å². The highest BCUT2D eigenvalue weighted by Crippen LogP contribution is 2.23. The van der Waals surface area contributed by atoms with Crippen LogP contribution in [0.1, 0.15) is 32.1 Å². The Labute approximate surface area is 87.2 Å². The second kappa shape index (κ2) is 5.19. The van der Waals surface area contributed by atoms with E-state index in [1.54, 1.807) is 0 Å². The van der Waals surface area contributed by atoms with Gasteiger partial charge < -0.3 is 5.32 Å². The van der Waals surface area contributed by atoms with Gasteiger partial charge in [-0.3, -0.25) is 9.59 Å². The Morgan fingerprint density at radius 1 is 1.33 bits per heavy atom. The highest BCUT2D eigenvalue weighted by molar-refractivity contribution is 5.97. The lowest BCUT2D eigenvalue weighted by atomic mass is 9.89. The molecule has 1 amide bonds. The minimum absolute atomic E-state index is 0.252. The minimum Gasteiger partial charge on any atom is -0.350 e. The van der Waals surface area contributed by atoms with Crippen LogP contribution in [0, 0.1) is 5.92 Å². The number of amides is 1. The van der Waals surface area contributed by atoms with Crippen molar-refractivity contribution in [1.29, 1.82) is 0 Å². The predicted octanol–water partition coefficient (Wildman–Crippen LogP) is 1.52. The van der Waals surface area contributed by atoms with E-state index in [0.717, 1.165) is 25.7 Å². The molecular weight excluding hydrogens is 204 g/mol. The lowest BCUT2D eigenvalue weighted by Gasteiger charge is -2.22. The molecule has 1 aliphatic carbocycles. The van der Waals surface area contributed by atoms with Gasteiger partial charge in [0, 0.05) is 6.54 Å². The highest BCUT2D eigenvalue weighted by atomic mass is 19.3. The third kappa shape index (κ3) is 3.57. The second-order valence-corrected chi connectivity index (χ2v) is 3.95. The summed E-state index contributed by atoms with van der Waals surface area (Å²) >= 11 is 0. The lowest BCUT2D eigenvalue weighted by Crippen LogP contribution is -2.43. The molecule has 0 spiro atoms. The summed E-state index contributed by atoms with van der Waals surface area (Å²) in [7, 11) is 0. The number of alkyl halides is 2. The molecule has 1 fully saturated rings. The van der Waals surface area contributed by atoms with Gasteiger partial charge in [0.2, 0.25) is 0 Å². The van der Waals surface area contributed by atoms with Gasteiger partial charge in [-0.2, -0.15) is 8.78 Å². The number of carbonyl (C=O) groups excluding carboxylic acids is 2. The SMILES string of the molecule is O=CC(F)(F)C(=O)NCC1CCCCC1. The van der Waals surface area contributed by atoms with Gasteiger partial charge in [-0.1, -0.05) is 19.3 Å².